The first-order valence-electron chi connectivity index (χ1n) is 4.18. The number of carbonyl (C=O) groups excluding carboxylic acids is 1. The summed E-state index contributed by atoms with van der Waals surface area (Å²) in [5.41, 5.74) is 0. The van der Waals surface area contributed by atoms with E-state index in [1.807, 2.05) is 0 Å². The highest BCUT2D eigenvalue weighted by atomic mass is 19.4. The Morgan fingerprint density at radius 3 is 2.13 bits per heavy atom. The van der Waals surface area contributed by atoms with Crippen LogP contribution in [-0.4, -0.2) is 29.8 Å². The van der Waals surface area contributed by atoms with Crippen molar-refractivity contribution in [3.8, 4) is 0 Å². The molecule has 1 N–H and O–H groups in total. The fourth-order valence-corrected chi connectivity index (χ4v) is 0.940. The highest BCUT2D eigenvalue weighted by Gasteiger charge is 2.48. The third-order valence-corrected chi connectivity index (χ3v) is 1.82. The minimum Gasteiger partial charge on any atom is -0.481 e. The minimum atomic E-state index is -4.74. The number of esters is 1. The van der Waals surface area contributed by atoms with Gasteiger partial charge in [-0.25, -0.2) is 0 Å². The average Bonchev–Trinajstić information content (AvgIpc) is 2.02. The number of rotatable bonds is 4. The normalized spacial score (nSPS) is 15.5. The van der Waals surface area contributed by atoms with Crippen LogP contribution in [0.5, 0.6) is 0 Å². The van der Waals surface area contributed by atoms with Gasteiger partial charge >= 0.3 is 18.1 Å². The predicted octanol–water partition coefficient (Wildman–Crippen LogP) is 1.45. The maximum absolute atomic E-state index is 12.2. The third kappa shape index (κ3) is 3.77. The number of carboxylic acids is 1. The van der Waals surface area contributed by atoms with E-state index in [0.717, 1.165) is 0 Å². The summed E-state index contributed by atoms with van der Waals surface area (Å²) in [4.78, 5) is 21.5. The quantitative estimate of drug-likeness (QED) is 0.584. The Hall–Kier alpha value is -1.27. The average molecular weight is 228 g/mol. The first-order valence-corrected chi connectivity index (χ1v) is 4.18. The van der Waals surface area contributed by atoms with E-state index in [9.17, 15) is 22.8 Å². The molecule has 4 nitrogen and oxygen atoms in total. The van der Waals surface area contributed by atoms with E-state index < -0.39 is 30.0 Å². The van der Waals surface area contributed by atoms with Gasteiger partial charge in [0.2, 0.25) is 0 Å². The molecule has 2 unspecified atom stereocenters. The summed E-state index contributed by atoms with van der Waals surface area (Å²) in [5.74, 6) is -7.67. The monoisotopic (exact) mass is 228 g/mol. The van der Waals surface area contributed by atoms with Crippen LogP contribution in [0.15, 0.2) is 0 Å². The van der Waals surface area contributed by atoms with E-state index in [4.69, 9.17) is 5.11 Å². The highest BCUT2D eigenvalue weighted by molar-refractivity contribution is 5.94. The molecule has 0 aromatic carbocycles. The second-order valence-electron chi connectivity index (χ2n) is 2.90. The largest absolute Gasteiger partial charge is 0.481 e. The Balaban J connectivity index is 4.82. The lowest BCUT2D eigenvalue weighted by molar-refractivity contribution is -0.200. The predicted molar refractivity (Wildman–Crippen MR) is 43.0 cm³/mol. The second kappa shape index (κ2) is 4.99. The van der Waals surface area contributed by atoms with Crippen LogP contribution in [0.3, 0.4) is 0 Å². The van der Waals surface area contributed by atoms with Crippen molar-refractivity contribution in [2.75, 3.05) is 6.61 Å². The molecule has 0 fully saturated rings. The summed E-state index contributed by atoms with van der Waals surface area (Å²) in [5, 5.41) is 8.50. The van der Waals surface area contributed by atoms with Gasteiger partial charge in [-0.1, -0.05) is 6.92 Å². The number of carbonyl (C=O) groups is 2. The maximum atomic E-state index is 12.2. The Bertz CT molecular complexity index is 249. The number of carboxylic acid groups (broad SMARTS) is 1. The minimum absolute atomic E-state index is 0.160. The standard InChI is InChI=1S/C8H11F3O4/c1-3-15-7(14)5(6(12)13)4(2)8(9,10)11/h4-5H,3H2,1-2H3,(H,12,13). The van der Waals surface area contributed by atoms with Gasteiger partial charge in [0.15, 0.2) is 5.92 Å². The van der Waals surface area contributed by atoms with Crippen LogP contribution in [0.4, 0.5) is 13.2 Å². The van der Waals surface area contributed by atoms with E-state index in [1.54, 1.807) is 0 Å². The van der Waals surface area contributed by atoms with Crippen LogP contribution in [0.25, 0.3) is 0 Å². The first kappa shape index (κ1) is 13.7. The molecule has 88 valence electrons. The van der Waals surface area contributed by atoms with Crippen molar-refractivity contribution in [3.05, 3.63) is 0 Å². The van der Waals surface area contributed by atoms with E-state index in [1.165, 1.54) is 6.92 Å². The molecule has 0 aliphatic carbocycles. The number of alkyl halides is 3. The van der Waals surface area contributed by atoms with Crippen molar-refractivity contribution in [3.63, 3.8) is 0 Å². The summed E-state index contributed by atoms with van der Waals surface area (Å²) in [6.07, 6.45) is -4.74. The van der Waals surface area contributed by atoms with Crippen molar-refractivity contribution in [2.24, 2.45) is 11.8 Å². The molecule has 7 heteroatoms. The molecule has 0 rings (SSSR count). The molecule has 0 aromatic heterocycles. The molecule has 2 atom stereocenters. The van der Waals surface area contributed by atoms with Crippen molar-refractivity contribution in [1.82, 2.24) is 0 Å². The van der Waals surface area contributed by atoms with Crippen LogP contribution in [0, 0.1) is 11.8 Å². The third-order valence-electron chi connectivity index (χ3n) is 1.82. The van der Waals surface area contributed by atoms with Gasteiger partial charge in [0.1, 0.15) is 0 Å². The number of hydrogen-bond acceptors (Lipinski definition) is 3. The van der Waals surface area contributed by atoms with Crippen molar-refractivity contribution >= 4 is 11.9 Å². The zero-order valence-corrected chi connectivity index (χ0v) is 8.17. The van der Waals surface area contributed by atoms with Gasteiger partial charge < -0.3 is 9.84 Å². The Morgan fingerprint density at radius 2 is 1.87 bits per heavy atom. The van der Waals surface area contributed by atoms with Crippen LogP contribution in [-0.2, 0) is 14.3 Å². The van der Waals surface area contributed by atoms with Gasteiger partial charge in [-0.2, -0.15) is 13.2 Å². The molecular weight excluding hydrogens is 217 g/mol. The van der Waals surface area contributed by atoms with Crippen LogP contribution < -0.4 is 0 Å². The van der Waals surface area contributed by atoms with Crippen molar-refractivity contribution in [2.45, 2.75) is 20.0 Å². The molecule has 0 saturated heterocycles. The Labute approximate surface area is 84.0 Å². The lowest BCUT2D eigenvalue weighted by atomic mass is 9.94. The molecule has 0 aliphatic rings. The first-order chi connectivity index (χ1) is 6.71. The Morgan fingerprint density at radius 1 is 1.40 bits per heavy atom. The maximum Gasteiger partial charge on any atom is 0.392 e. The molecule has 0 saturated carbocycles. The summed E-state index contributed by atoms with van der Waals surface area (Å²) < 4.78 is 40.8. The van der Waals surface area contributed by atoms with Gasteiger partial charge in [0.25, 0.3) is 0 Å². The Kier molecular flexibility index (Phi) is 4.57. The molecule has 0 radical (unpaired) electrons. The molecule has 0 aromatic rings. The van der Waals surface area contributed by atoms with Gasteiger partial charge in [-0.3, -0.25) is 9.59 Å². The van der Waals surface area contributed by atoms with E-state index >= 15 is 0 Å². The van der Waals surface area contributed by atoms with Crippen molar-refractivity contribution in [1.29, 1.82) is 0 Å². The summed E-state index contributed by atoms with van der Waals surface area (Å²) in [6.45, 7) is 1.86. The van der Waals surface area contributed by atoms with Crippen molar-refractivity contribution < 1.29 is 32.6 Å². The second-order valence-corrected chi connectivity index (χ2v) is 2.90. The molecule has 15 heavy (non-hydrogen) atoms. The van der Waals surface area contributed by atoms with Crippen LogP contribution in [0.2, 0.25) is 0 Å². The van der Waals surface area contributed by atoms with Gasteiger partial charge in [0, 0.05) is 0 Å². The van der Waals surface area contributed by atoms with E-state index in [0.29, 0.717) is 6.92 Å². The SMILES string of the molecule is CCOC(=O)C(C(=O)O)C(C)C(F)(F)F. The number of halogens is 3. The van der Waals surface area contributed by atoms with Gasteiger partial charge in [-0.15, -0.1) is 0 Å². The molecule has 0 spiro atoms. The van der Waals surface area contributed by atoms with Gasteiger partial charge in [-0.05, 0) is 6.92 Å². The van der Waals surface area contributed by atoms with Gasteiger partial charge in [0.05, 0.1) is 12.5 Å². The summed E-state index contributed by atoms with van der Waals surface area (Å²) in [6, 6.07) is 0. The molecule has 0 amide bonds. The van der Waals surface area contributed by atoms with E-state index in [2.05, 4.69) is 4.74 Å². The summed E-state index contributed by atoms with van der Waals surface area (Å²) in [7, 11) is 0. The lowest BCUT2D eigenvalue weighted by Crippen LogP contribution is -2.38. The smallest absolute Gasteiger partial charge is 0.392 e. The topological polar surface area (TPSA) is 63.6 Å². The molecule has 0 aliphatic heterocycles. The molecule has 0 heterocycles. The zero-order valence-electron chi connectivity index (χ0n) is 8.17. The zero-order chi connectivity index (χ0) is 12.2. The number of aliphatic carboxylic acids is 1. The fraction of sp³-hybridized carbons (Fsp3) is 0.750. The molecule has 0 bridgehead atoms. The lowest BCUT2D eigenvalue weighted by Gasteiger charge is -2.20. The van der Waals surface area contributed by atoms with E-state index in [-0.39, 0.29) is 6.61 Å². The van der Waals surface area contributed by atoms with Crippen LogP contribution >= 0.6 is 0 Å². The fourth-order valence-electron chi connectivity index (χ4n) is 0.940. The number of ether oxygens (including phenoxy) is 1. The highest BCUT2D eigenvalue weighted by Crippen LogP contribution is 2.32. The van der Waals surface area contributed by atoms with Crippen LogP contribution in [0.1, 0.15) is 13.8 Å². The number of hydrogen-bond donors (Lipinski definition) is 1. The summed E-state index contributed by atoms with van der Waals surface area (Å²) >= 11 is 0. The molecular formula is C8H11F3O4.